The van der Waals surface area contributed by atoms with Crippen LogP contribution in [0.25, 0.3) is 0 Å². The molecule has 1 aromatic heterocycles. The molecule has 0 atom stereocenters. The van der Waals surface area contributed by atoms with Crippen LogP contribution in [0.2, 0.25) is 0 Å². The van der Waals surface area contributed by atoms with E-state index in [-0.39, 0.29) is 5.91 Å². The molecule has 2 aliphatic rings. The van der Waals surface area contributed by atoms with Gasteiger partial charge in [-0.15, -0.1) is 0 Å². The van der Waals surface area contributed by atoms with Gasteiger partial charge in [0.2, 0.25) is 0 Å². The van der Waals surface area contributed by atoms with Crippen molar-refractivity contribution in [2.75, 3.05) is 66.6 Å². The van der Waals surface area contributed by atoms with Crippen LogP contribution in [-0.2, 0) is 29.0 Å². The number of carbonyl (C=O) groups excluding carboxylic acids is 1. The van der Waals surface area contributed by atoms with Crippen molar-refractivity contribution in [2.24, 2.45) is 0 Å². The van der Waals surface area contributed by atoms with Gasteiger partial charge in [0, 0.05) is 64.1 Å². The first-order valence-corrected chi connectivity index (χ1v) is 9.03. The highest BCUT2D eigenvalue weighted by atomic mass is 16.5. The zero-order valence-corrected chi connectivity index (χ0v) is 15.3. The Kier molecular flexibility index (Phi) is 6.41. The quantitative estimate of drug-likeness (QED) is 0.719. The molecule has 1 amide bonds. The summed E-state index contributed by atoms with van der Waals surface area (Å²) in [4.78, 5) is 17.3. The molecule has 8 nitrogen and oxygen atoms in total. The zero-order chi connectivity index (χ0) is 17.6. The molecule has 0 bridgehead atoms. The molecule has 2 aliphatic heterocycles. The lowest BCUT2D eigenvalue weighted by Gasteiger charge is -2.32. The lowest BCUT2D eigenvalue weighted by molar-refractivity contribution is 0.0914. The van der Waals surface area contributed by atoms with E-state index in [4.69, 9.17) is 9.47 Å². The molecule has 0 unspecified atom stereocenters. The first-order chi connectivity index (χ1) is 12.2. The SMILES string of the molecule is COCCn1nc(C(=O)NCCN2CCN(C)CC2)c2c1CCOC2. The molecule has 25 heavy (non-hydrogen) atoms. The summed E-state index contributed by atoms with van der Waals surface area (Å²) in [5.74, 6) is -0.105. The van der Waals surface area contributed by atoms with Gasteiger partial charge < -0.3 is 19.7 Å². The highest BCUT2D eigenvalue weighted by molar-refractivity contribution is 5.94. The molecular formula is C17H29N5O3. The first-order valence-electron chi connectivity index (χ1n) is 9.03. The summed E-state index contributed by atoms with van der Waals surface area (Å²) in [6, 6.07) is 0. The number of rotatable bonds is 7. The normalized spacial score (nSPS) is 19.0. The number of nitrogens with one attached hydrogen (secondary N) is 1. The van der Waals surface area contributed by atoms with E-state index < -0.39 is 0 Å². The third-order valence-electron chi connectivity index (χ3n) is 4.93. The second kappa shape index (κ2) is 8.75. The molecule has 0 aliphatic carbocycles. The molecule has 0 saturated carbocycles. The van der Waals surface area contributed by atoms with E-state index in [9.17, 15) is 4.79 Å². The highest BCUT2D eigenvalue weighted by Gasteiger charge is 2.25. The summed E-state index contributed by atoms with van der Waals surface area (Å²) < 4.78 is 12.6. The van der Waals surface area contributed by atoms with Crippen LogP contribution in [0.1, 0.15) is 21.7 Å². The Bertz CT molecular complexity index is 581. The van der Waals surface area contributed by atoms with E-state index >= 15 is 0 Å². The minimum atomic E-state index is -0.105. The maximum absolute atomic E-state index is 12.6. The van der Waals surface area contributed by atoms with Crippen LogP contribution in [0.15, 0.2) is 0 Å². The molecule has 140 valence electrons. The van der Waals surface area contributed by atoms with Gasteiger partial charge in [-0.1, -0.05) is 0 Å². The van der Waals surface area contributed by atoms with Crippen LogP contribution < -0.4 is 5.32 Å². The summed E-state index contributed by atoms with van der Waals surface area (Å²) in [6.07, 6.45) is 0.792. The number of amides is 1. The third kappa shape index (κ3) is 4.58. The van der Waals surface area contributed by atoms with E-state index in [1.54, 1.807) is 7.11 Å². The fourth-order valence-corrected chi connectivity index (χ4v) is 3.34. The van der Waals surface area contributed by atoms with Crippen molar-refractivity contribution in [2.45, 2.75) is 19.6 Å². The number of likely N-dealkylation sites (N-methyl/N-ethyl adjacent to an activating group) is 1. The predicted octanol–water partition coefficient (Wildman–Crippen LogP) is -0.421. The Hall–Kier alpha value is -1.48. The van der Waals surface area contributed by atoms with Crippen molar-refractivity contribution in [3.8, 4) is 0 Å². The maximum Gasteiger partial charge on any atom is 0.272 e. The number of ether oxygens (including phenoxy) is 2. The smallest absolute Gasteiger partial charge is 0.272 e. The van der Waals surface area contributed by atoms with Crippen molar-refractivity contribution < 1.29 is 14.3 Å². The second-order valence-electron chi connectivity index (χ2n) is 6.69. The predicted molar refractivity (Wildman–Crippen MR) is 93.7 cm³/mol. The summed E-state index contributed by atoms with van der Waals surface area (Å²) >= 11 is 0. The average Bonchev–Trinajstić information content (AvgIpc) is 3.00. The van der Waals surface area contributed by atoms with Crippen LogP contribution in [0.4, 0.5) is 0 Å². The summed E-state index contributed by atoms with van der Waals surface area (Å²) in [7, 11) is 3.81. The highest BCUT2D eigenvalue weighted by Crippen LogP contribution is 2.21. The van der Waals surface area contributed by atoms with Crippen LogP contribution in [0.3, 0.4) is 0 Å². The maximum atomic E-state index is 12.6. The molecule has 8 heteroatoms. The Morgan fingerprint density at radius 3 is 2.84 bits per heavy atom. The van der Waals surface area contributed by atoms with Crippen LogP contribution in [0, 0.1) is 0 Å². The van der Waals surface area contributed by atoms with E-state index in [2.05, 4.69) is 27.3 Å². The van der Waals surface area contributed by atoms with Crippen molar-refractivity contribution in [3.63, 3.8) is 0 Å². The zero-order valence-electron chi connectivity index (χ0n) is 15.3. The average molecular weight is 351 g/mol. The molecule has 1 aromatic rings. The molecule has 1 saturated heterocycles. The number of aromatic nitrogens is 2. The van der Waals surface area contributed by atoms with Gasteiger partial charge in [0.15, 0.2) is 5.69 Å². The van der Waals surface area contributed by atoms with Gasteiger partial charge in [-0.05, 0) is 7.05 Å². The third-order valence-corrected chi connectivity index (χ3v) is 4.93. The second-order valence-corrected chi connectivity index (χ2v) is 6.69. The topological polar surface area (TPSA) is 71.9 Å². The molecule has 3 heterocycles. The monoisotopic (exact) mass is 351 g/mol. The summed E-state index contributed by atoms with van der Waals surface area (Å²) in [5.41, 5.74) is 2.54. The van der Waals surface area contributed by atoms with Crippen molar-refractivity contribution in [1.29, 1.82) is 0 Å². The molecular weight excluding hydrogens is 322 g/mol. The Labute approximate surface area is 149 Å². The van der Waals surface area contributed by atoms with E-state index in [0.717, 1.165) is 50.4 Å². The van der Waals surface area contributed by atoms with Gasteiger partial charge in [-0.2, -0.15) is 5.10 Å². The first kappa shape index (κ1) is 18.3. The molecule has 1 N–H and O–H groups in total. The number of fused-ring (bicyclic) bond motifs is 1. The number of nitrogens with zero attached hydrogens (tertiary/aromatic N) is 4. The van der Waals surface area contributed by atoms with E-state index in [1.165, 1.54) is 0 Å². The Morgan fingerprint density at radius 1 is 1.28 bits per heavy atom. The van der Waals surface area contributed by atoms with Gasteiger partial charge in [-0.3, -0.25) is 14.4 Å². The van der Waals surface area contributed by atoms with Gasteiger partial charge >= 0.3 is 0 Å². The summed E-state index contributed by atoms with van der Waals surface area (Å²) in [5, 5.41) is 7.55. The number of piperazine rings is 1. The fraction of sp³-hybridized carbons (Fsp3) is 0.765. The van der Waals surface area contributed by atoms with Gasteiger partial charge in [0.25, 0.3) is 5.91 Å². The minimum absolute atomic E-state index is 0.105. The Morgan fingerprint density at radius 2 is 2.08 bits per heavy atom. The Balaban J connectivity index is 1.57. The fourth-order valence-electron chi connectivity index (χ4n) is 3.34. The van der Waals surface area contributed by atoms with Gasteiger partial charge in [0.1, 0.15) is 0 Å². The van der Waals surface area contributed by atoms with E-state index in [0.29, 0.717) is 38.6 Å². The molecule has 0 radical (unpaired) electrons. The van der Waals surface area contributed by atoms with Crippen molar-refractivity contribution in [1.82, 2.24) is 24.9 Å². The molecule has 3 rings (SSSR count). The molecule has 0 spiro atoms. The molecule has 1 fully saturated rings. The number of hydrogen-bond donors (Lipinski definition) is 1. The van der Waals surface area contributed by atoms with Crippen LogP contribution >= 0.6 is 0 Å². The van der Waals surface area contributed by atoms with Gasteiger partial charge in [-0.25, -0.2) is 0 Å². The largest absolute Gasteiger partial charge is 0.383 e. The number of methoxy groups -OCH3 is 1. The lowest BCUT2D eigenvalue weighted by atomic mass is 10.1. The van der Waals surface area contributed by atoms with Crippen LogP contribution in [-0.4, -0.2) is 92.1 Å². The van der Waals surface area contributed by atoms with Crippen molar-refractivity contribution >= 4 is 5.91 Å². The summed E-state index contributed by atoms with van der Waals surface area (Å²) in [6.45, 7) is 8.19. The minimum Gasteiger partial charge on any atom is -0.383 e. The number of carbonyl (C=O) groups is 1. The standard InChI is InChI=1S/C17H29N5O3/c1-20-6-8-21(9-7-20)5-4-18-17(23)16-14-13-25-11-3-15(14)22(19-16)10-12-24-2/h3-13H2,1-2H3,(H,18,23). The van der Waals surface area contributed by atoms with E-state index in [1.807, 2.05) is 4.68 Å². The number of hydrogen-bond acceptors (Lipinski definition) is 6. The lowest BCUT2D eigenvalue weighted by Crippen LogP contribution is -2.47. The van der Waals surface area contributed by atoms with Gasteiger partial charge in [0.05, 0.1) is 26.4 Å². The van der Waals surface area contributed by atoms with Crippen LogP contribution in [0.5, 0.6) is 0 Å². The molecule has 0 aromatic carbocycles. The van der Waals surface area contributed by atoms with Crippen molar-refractivity contribution in [3.05, 3.63) is 17.0 Å².